The number of aromatic amines is 1. The zero-order chi connectivity index (χ0) is 14.8. The van der Waals surface area contributed by atoms with Crippen molar-refractivity contribution in [3.8, 4) is 0 Å². The smallest absolute Gasteiger partial charge is 0.264 e. The van der Waals surface area contributed by atoms with Crippen LogP contribution in [0.25, 0.3) is 0 Å². The van der Waals surface area contributed by atoms with E-state index in [0.29, 0.717) is 4.47 Å². The molecule has 0 bridgehead atoms. The lowest BCUT2D eigenvalue weighted by atomic mass is 10.2. The fraction of sp³-hybridized carbons (Fsp3) is 0.182. The van der Waals surface area contributed by atoms with E-state index >= 15 is 0 Å². The van der Waals surface area contributed by atoms with Crippen molar-refractivity contribution in [3.63, 3.8) is 0 Å². The van der Waals surface area contributed by atoms with Crippen LogP contribution in [-0.4, -0.2) is 25.7 Å². The summed E-state index contributed by atoms with van der Waals surface area (Å²) in [6.45, 7) is 0.222. The van der Waals surface area contributed by atoms with Gasteiger partial charge in [0.25, 0.3) is 10.0 Å². The van der Waals surface area contributed by atoms with E-state index in [0.717, 1.165) is 0 Å². The number of halogens is 2. The number of nitrogens with one attached hydrogen (secondary N) is 3. The number of anilines is 1. The summed E-state index contributed by atoms with van der Waals surface area (Å²) in [5, 5.41) is 8.88. The summed E-state index contributed by atoms with van der Waals surface area (Å²) in [6.07, 6.45) is 2.66. The Morgan fingerprint density at radius 3 is 2.80 bits per heavy atom. The van der Waals surface area contributed by atoms with Gasteiger partial charge in [0.2, 0.25) is 0 Å². The Kier molecular flexibility index (Phi) is 4.41. The lowest BCUT2D eigenvalue weighted by Gasteiger charge is -2.11. The molecule has 1 heterocycles. The molecule has 0 saturated heterocycles. The fourth-order valence-electron chi connectivity index (χ4n) is 1.65. The van der Waals surface area contributed by atoms with Crippen LogP contribution in [0, 0.1) is 5.82 Å². The molecule has 108 valence electrons. The number of H-pyrrole nitrogens is 1. The van der Waals surface area contributed by atoms with E-state index in [9.17, 15) is 12.8 Å². The van der Waals surface area contributed by atoms with Crippen LogP contribution in [0.2, 0.25) is 0 Å². The van der Waals surface area contributed by atoms with Crippen molar-refractivity contribution in [2.45, 2.75) is 11.4 Å². The third-order valence-corrected chi connectivity index (χ3v) is 4.32. The quantitative estimate of drug-likeness (QED) is 0.757. The lowest BCUT2D eigenvalue weighted by molar-refractivity contribution is 0.555. The van der Waals surface area contributed by atoms with Gasteiger partial charge in [0.15, 0.2) is 0 Å². The predicted molar refractivity (Wildman–Crippen MR) is 76.3 cm³/mol. The molecule has 1 aromatic carbocycles. The topological polar surface area (TPSA) is 86.9 Å². The predicted octanol–water partition coefficient (Wildman–Crippen LogP) is 1.83. The Hall–Kier alpha value is -1.45. The van der Waals surface area contributed by atoms with Crippen molar-refractivity contribution in [2.24, 2.45) is 0 Å². The summed E-state index contributed by atoms with van der Waals surface area (Å²) < 4.78 is 41.4. The second kappa shape index (κ2) is 5.90. The molecule has 0 aliphatic carbocycles. The summed E-state index contributed by atoms with van der Waals surface area (Å²) in [5.41, 5.74) is 0.494. The fourth-order valence-corrected chi connectivity index (χ4v) is 3.49. The largest absolute Gasteiger partial charge is 0.316 e. The Labute approximate surface area is 124 Å². The van der Waals surface area contributed by atoms with Crippen LogP contribution in [0.3, 0.4) is 0 Å². The lowest BCUT2D eigenvalue weighted by Crippen LogP contribution is -2.16. The van der Waals surface area contributed by atoms with Gasteiger partial charge in [-0.1, -0.05) is 15.9 Å². The monoisotopic (exact) mass is 362 g/mol. The maximum absolute atomic E-state index is 14.3. The van der Waals surface area contributed by atoms with Gasteiger partial charge < -0.3 is 5.32 Å². The van der Waals surface area contributed by atoms with Crippen molar-refractivity contribution in [1.82, 2.24) is 15.5 Å². The second-order valence-electron chi connectivity index (χ2n) is 4.00. The number of sulfonamides is 1. The van der Waals surface area contributed by atoms with Crippen LogP contribution in [-0.2, 0) is 16.6 Å². The van der Waals surface area contributed by atoms with E-state index in [-0.39, 0.29) is 17.8 Å². The van der Waals surface area contributed by atoms with Crippen molar-refractivity contribution in [3.05, 3.63) is 40.4 Å². The summed E-state index contributed by atoms with van der Waals surface area (Å²) >= 11 is 3.18. The second-order valence-corrected chi connectivity index (χ2v) is 6.57. The Morgan fingerprint density at radius 1 is 1.45 bits per heavy atom. The molecule has 2 rings (SSSR count). The zero-order valence-corrected chi connectivity index (χ0v) is 12.8. The normalized spacial score (nSPS) is 11.6. The van der Waals surface area contributed by atoms with Gasteiger partial charge in [0, 0.05) is 22.8 Å². The summed E-state index contributed by atoms with van der Waals surface area (Å²) in [4.78, 5) is -0.418. The molecule has 0 aliphatic rings. The number of benzene rings is 1. The highest BCUT2D eigenvalue weighted by atomic mass is 79.9. The number of hydrogen-bond donors (Lipinski definition) is 3. The maximum atomic E-state index is 14.3. The van der Waals surface area contributed by atoms with Crippen LogP contribution in [0.4, 0.5) is 10.1 Å². The van der Waals surface area contributed by atoms with Gasteiger partial charge in [-0.3, -0.25) is 9.82 Å². The molecule has 0 saturated carbocycles. The molecule has 0 aliphatic heterocycles. The van der Waals surface area contributed by atoms with Gasteiger partial charge in [0.1, 0.15) is 10.7 Å². The highest BCUT2D eigenvalue weighted by Crippen LogP contribution is 2.25. The van der Waals surface area contributed by atoms with Gasteiger partial charge in [-0.05, 0) is 19.2 Å². The Morgan fingerprint density at radius 2 is 2.20 bits per heavy atom. The molecule has 1 aromatic heterocycles. The average Bonchev–Trinajstić information content (AvgIpc) is 2.85. The molecule has 6 nitrogen and oxygen atoms in total. The van der Waals surface area contributed by atoms with Crippen LogP contribution in [0.5, 0.6) is 0 Å². The standard InChI is InChI=1S/C11H12BrFN4O2S/c1-14-4-7-2-8(12)3-10(11(7)13)20(18,19)17-9-5-15-16-6-9/h2-3,5-6,14,17H,4H2,1H3,(H,15,16). The number of aromatic nitrogens is 2. The molecule has 0 amide bonds. The van der Waals surface area contributed by atoms with Gasteiger partial charge in [-0.15, -0.1) is 0 Å². The third kappa shape index (κ3) is 3.17. The first-order valence-corrected chi connectivity index (χ1v) is 7.86. The third-order valence-electron chi connectivity index (χ3n) is 2.49. The van der Waals surface area contributed by atoms with E-state index in [1.807, 2.05) is 0 Å². The van der Waals surface area contributed by atoms with Crippen LogP contribution in [0.15, 0.2) is 33.9 Å². The number of nitrogens with zero attached hydrogens (tertiary/aromatic N) is 1. The van der Waals surface area contributed by atoms with E-state index in [1.54, 1.807) is 7.05 Å². The average molecular weight is 363 g/mol. The van der Waals surface area contributed by atoms with Crippen molar-refractivity contribution in [1.29, 1.82) is 0 Å². The number of hydrogen-bond acceptors (Lipinski definition) is 4. The SMILES string of the molecule is CNCc1cc(Br)cc(S(=O)(=O)Nc2cn[nH]c2)c1F. The van der Waals surface area contributed by atoms with Crippen molar-refractivity contribution < 1.29 is 12.8 Å². The Bertz CT molecular complexity index is 703. The Balaban J connectivity index is 2.45. The van der Waals surface area contributed by atoms with E-state index in [1.165, 1.54) is 24.5 Å². The highest BCUT2D eigenvalue weighted by molar-refractivity contribution is 9.10. The van der Waals surface area contributed by atoms with Crippen LogP contribution in [0.1, 0.15) is 5.56 Å². The first kappa shape index (κ1) is 14.9. The molecule has 0 unspecified atom stereocenters. The van der Waals surface area contributed by atoms with Gasteiger partial charge in [0.05, 0.1) is 11.9 Å². The zero-order valence-electron chi connectivity index (χ0n) is 10.4. The van der Waals surface area contributed by atoms with Gasteiger partial charge >= 0.3 is 0 Å². The highest BCUT2D eigenvalue weighted by Gasteiger charge is 2.22. The molecule has 0 radical (unpaired) electrons. The van der Waals surface area contributed by atoms with Crippen LogP contribution >= 0.6 is 15.9 Å². The minimum atomic E-state index is -4.02. The first-order valence-electron chi connectivity index (χ1n) is 5.58. The van der Waals surface area contributed by atoms with E-state index in [4.69, 9.17) is 0 Å². The molecule has 2 aromatic rings. The molecule has 0 fully saturated rings. The van der Waals surface area contributed by atoms with E-state index in [2.05, 4.69) is 36.2 Å². The van der Waals surface area contributed by atoms with Gasteiger partial charge in [-0.2, -0.15) is 5.10 Å². The number of rotatable bonds is 5. The minimum absolute atomic E-state index is 0.222. The molecular formula is C11H12BrFN4O2S. The molecule has 3 N–H and O–H groups in total. The summed E-state index contributed by atoms with van der Waals surface area (Å²) in [7, 11) is -2.37. The molecule has 9 heteroatoms. The summed E-state index contributed by atoms with van der Waals surface area (Å²) in [5.74, 6) is -0.779. The minimum Gasteiger partial charge on any atom is -0.316 e. The first-order chi connectivity index (χ1) is 9.44. The van der Waals surface area contributed by atoms with E-state index < -0.39 is 20.7 Å². The van der Waals surface area contributed by atoms with Crippen molar-refractivity contribution >= 4 is 31.6 Å². The maximum Gasteiger partial charge on any atom is 0.264 e. The molecule has 20 heavy (non-hydrogen) atoms. The van der Waals surface area contributed by atoms with Crippen molar-refractivity contribution in [2.75, 3.05) is 11.8 Å². The molecule has 0 atom stereocenters. The molecular weight excluding hydrogens is 351 g/mol. The van der Waals surface area contributed by atoms with Crippen LogP contribution < -0.4 is 10.0 Å². The summed E-state index contributed by atoms with van der Waals surface area (Å²) in [6, 6.07) is 2.75. The molecule has 0 spiro atoms. The van der Waals surface area contributed by atoms with Gasteiger partial charge in [-0.25, -0.2) is 12.8 Å².